The highest BCUT2D eigenvalue weighted by Gasteiger charge is 2.27. The van der Waals surface area contributed by atoms with Gasteiger partial charge in [-0.1, -0.05) is 36.4 Å². The van der Waals surface area contributed by atoms with Crippen LogP contribution in [0.5, 0.6) is 0 Å². The molecule has 0 aliphatic heterocycles. The van der Waals surface area contributed by atoms with Crippen molar-refractivity contribution in [2.45, 2.75) is 40.2 Å². The van der Waals surface area contributed by atoms with Crippen molar-refractivity contribution >= 4 is 0 Å². The van der Waals surface area contributed by atoms with E-state index in [-0.39, 0.29) is 0 Å². The van der Waals surface area contributed by atoms with Crippen LogP contribution in [0.25, 0.3) is 0 Å². The van der Waals surface area contributed by atoms with Gasteiger partial charge in [-0.25, -0.2) is 0 Å². The van der Waals surface area contributed by atoms with Crippen LogP contribution in [0.4, 0.5) is 0 Å². The van der Waals surface area contributed by atoms with E-state index in [0.717, 1.165) is 0 Å². The van der Waals surface area contributed by atoms with E-state index < -0.39 is 5.54 Å². The van der Waals surface area contributed by atoms with Gasteiger partial charge in [0.15, 0.2) is 0 Å². The Kier molecular flexibility index (Phi) is 3.51. The Morgan fingerprint density at radius 3 is 1.95 bits per heavy atom. The molecular weight excluding hydrogens is 230 g/mol. The Morgan fingerprint density at radius 2 is 1.32 bits per heavy atom. The van der Waals surface area contributed by atoms with Crippen molar-refractivity contribution in [1.82, 2.24) is 0 Å². The number of rotatable bonds is 2. The van der Waals surface area contributed by atoms with Crippen LogP contribution in [0.3, 0.4) is 0 Å². The third-order valence-electron chi connectivity index (χ3n) is 4.10. The second kappa shape index (κ2) is 4.82. The van der Waals surface area contributed by atoms with Crippen molar-refractivity contribution in [3.63, 3.8) is 0 Å². The fourth-order valence-electron chi connectivity index (χ4n) is 2.82. The molecule has 0 aliphatic carbocycles. The predicted molar refractivity (Wildman–Crippen MR) is 82.5 cm³/mol. The van der Waals surface area contributed by atoms with E-state index >= 15 is 0 Å². The largest absolute Gasteiger partial charge is 0.318 e. The highest BCUT2D eigenvalue weighted by molar-refractivity contribution is 5.47. The van der Waals surface area contributed by atoms with Crippen LogP contribution in [-0.2, 0) is 5.54 Å². The zero-order valence-electron chi connectivity index (χ0n) is 12.5. The van der Waals surface area contributed by atoms with Crippen molar-refractivity contribution in [3.8, 4) is 0 Å². The van der Waals surface area contributed by atoms with Gasteiger partial charge in [0.25, 0.3) is 0 Å². The maximum Gasteiger partial charge on any atom is 0.0642 e. The maximum atomic E-state index is 6.68. The number of benzene rings is 2. The molecule has 0 aromatic heterocycles. The topological polar surface area (TPSA) is 26.0 Å². The van der Waals surface area contributed by atoms with Gasteiger partial charge in [0.05, 0.1) is 5.54 Å². The van der Waals surface area contributed by atoms with Crippen LogP contribution >= 0.6 is 0 Å². The quantitative estimate of drug-likeness (QED) is 0.855. The molecule has 2 N–H and O–H groups in total. The van der Waals surface area contributed by atoms with Crippen molar-refractivity contribution in [2.75, 3.05) is 0 Å². The Labute approximate surface area is 116 Å². The number of hydrogen-bond acceptors (Lipinski definition) is 1. The summed E-state index contributed by atoms with van der Waals surface area (Å²) in [4.78, 5) is 0. The highest BCUT2D eigenvalue weighted by Crippen LogP contribution is 2.32. The Balaban J connectivity index is 2.63. The minimum absolute atomic E-state index is 0.451. The van der Waals surface area contributed by atoms with Gasteiger partial charge in [-0.3, -0.25) is 0 Å². The molecule has 1 nitrogen and oxygen atoms in total. The van der Waals surface area contributed by atoms with Gasteiger partial charge in [0.1, 0.15) is 0 Å². The first-order valence-electron chi connectivity index (χ1n) is 6.77. The van der Waals surface area contributed by atoms with E-state index in [1.165, 1.54) is 33.4 Å². The third kappa shape index (κ3) is 2.43. The van der Waals surface area contributed by atoms with Gasteiger partial charge in [-0.2, -0.15) is 0 Å². The summed E-state index contributed by atoms with van der Waals surface area (Å²) in [6.45, 7) is 10.7. The first kappa shape index (κ1) is 13.8. The lowest BCUT2D eigenvalue weighted by Gasteiger charge is -2.30. The molecule has 19 heavy (non-hydrogen) atoms. The normalized spacial score (nSPS) is 14.2. The fourth-order valence-corrected chi connectivity index (χ4v) is 2.82. The number of nitrogens with two attached hydrogens (primary N) is 1. The Hall–Kier alpha value is -1.60. The SMILES string of the molecule is Cc1cc(C)c(C(C)(N)c2ccccc2C)cc1C. The molecule has 100 valence electrons. The van der Waals surface area contributed by atoms with Gasteiger partial charge in [0.2, 0.25) is 0 Å². The van der Waals surface area contributed by atoms with Gasteiger partial charge in [-0.05, 0) is 68.0 Å². The van der Waals surface area contributed by atoms with Crippen molar-refractivity contribution < 1.29 is 0 Å². The first-order chi connectivity index (χ1) is 8.84. The van der Waals surface area contributed by atoms with Crippen molar-refractivity contribution in [1.29, 1.82) is 0 Å². The van der Waals surface area contributed by atoms with Crippen LogP contribution in [0.2, 0.25) is 0 Å². The molecule has 2 rings (SSSR count). The summed E-state index contributed by atoms with van der Waals surface area (Å²) in [5.41, 5.74) is 13.8. The summed E-state index contributed by atoms with van der Waals surface area (Å²) in [5, 5.41) is 0. The summed E-state index contributed by atoms with van der Waals surface area (Å²) < 4.78 is 0. The van der Waals surface area contributed by atoms with E-state index in [4.69, 9.17) is 5.73 Å². The Morgan fingerprint density at radius 1 is 0.737 bits per heavy atom. The molecule has 2 aromatic rings. The van der Waals surface area contributed by atoms with E-state index in [1.54, 1.807) is 0 Å². The molecule has 2 aromatic carbocycles. The number of aryl methyl sites for hydroxylation is 4. The molecule has 1 unspecified atom stereocenters. The molecule has 0 radical (unpaired) electrons. The molecular formula is C18H23N. The van der Waals surface area contributed by atoms with Gasteiger partial charge in [0, 0.05) is 0 Å². The molecule has 0 aliphatic rings. The van der Waals surface area contributed by atoms with E-state index in [0.29, 0.717) is 0 Å². The van der Waals surface area contributed by atoms with Crippen LogP contribution in [0.15, 0.2) is 36.4 Å². The summed E-state index contributed by atoms with van der Waals surface area (Å²) in [6.07, 6.45) is 0. The molecule has 0 heterocycles. The monoisotopic (exact) mass is 253 g/mol. The average molecular weight is 253 g/mol. The second-order valence-corrected chi connectivity index (χ2v) is 5.77. The molecule has 0 amide bonds. The van der Waals surface area contributed by atoms with Gasteiger partial charge in [-0.15, -0.1) is 0 Å². The summed E-state index contributed by atoms with van der Waals surface area (Å²) >= 11 is 0. The molecule has 0 spiro atoms. The van der Waals surface area contributed by atoms with Gasteiger partial charge >= 0.3 is 0 Å². The van der Waals surface area contributed by atoms with Crippen molar-refractivity contribution in [2.24, 2.45) is 5.73 Å². The minimum atomic E-state index is -0.451. The van der Waals surface area contributed by atoms with Crippen molar-refractivity contribution in [3.05, 3.63) is 69.8 Å². The molecule has 0 saturated carbocycles. The summed E-state index contributed by atoms with van der Waals surface area (Å²) in [5.74, 6) is 0. The van der Waals surface area contributed by atoms with Crippen LogP contribution < -0.4 is 5.73 Å². The van der Waals surface area contributed by atoms with Gasteiger partial charge < -0.3 is 5.73 Å². The standard InChI is InChI=1S/C18H23N/c1-12-8-6-7-9-16(12)18(5,19)17-11-14(3)13(2)10-15(17)4/h6-11H,19H2,1-5H3. The molecule has 0 saturated heterocycles. The van der Waals surface area contributed by atoms with Crippen LogP contribution in [-0.4, -0.2) is 0 Å². The zero-order valence-corrected chi connectivity index (χ0v) is 12.5. The van der Waals surface area contributed by atoms with E-state index in [9.17, 15) is 0 Å². The van der Waals surface area contributed by atoms with E-state index in [1.807, 2.05) is 0 Å². The summed E-state index contributed by atoms with van der Waals surface area (Å²) in [7, 11) is 0. The predicted octanol–water partition coefficient (Wildman–Crippen LogP) is 4.14. The molecule has 0 fully saturated rings. The lowest BCUT2D eigenvalue weighted by atomic mass is 9.80. The van der Waals surface area contributed by atoms with Crippen LogP contribution in [0.1, 0.15) is 40.3 Å². The number of hydrogen-bond donors (Lipinski definition) is 1. The lowest BCUT2D eigenvalue weighted by Crippen LogP contribution is -2.36. The first-order valence-corrected chi connectivity index (χ1v) is 6.77. The summed E-state index contributed by atoms with van der Waals surface area (Å²) in [6, 6.07) is 12.8. The minimum Gasteiger partial charge on any atom is -0.318 e. The lowest BCUT2D eigenvalue weighted by molar-refractivity contribution is 0.594. The molecule has 1 heteroatoms. The fraction of sp³-hybridized carbons (Fsp3) is 0.333. The second-order valence-electron chi connectivity index (χ2n) is 5.77. The maximum absolute atomic E-state index is 6.68. The highest BCUT2D eigenvalue weighted by atomic mass is 14.7. The van der Waals surface area contributed by atoms with Crippen LogP contribution in [0, 0.1) is 27.7 Å². The third-order valence-corrected chi connectivity index (χ3v) is 4.10. The zero-order chi connectivity index (χ0) is 14.2. The molecule has 0 bridgehead atoms. The van der Waals surface area contributed by atoms with E-state index in [2.05, 4.69) is 71.0 Å². The molecule has 1 atom stereocenters. The Bertz CT molecular complexity index is 609. The smallest absolute Gasteiger partial charge is 0.0642 e. The average Bonchev–Trinajstić information content (AvgIpc) is 2.34.